The summed E-state index contributed by atoms with van der Waals surface area (Å²) in [5.74, 6) is 1.36. The zero-order valence-electron chi connectivity index (χ0n) is 13.5. The van der Waals surface area contributed by atoms with E-state index in [9.17, 15) is 4.79 Å². The Morgan fingerprint density at radius 1 is 1.36 bits per heavy atom. The molecule has 1 aromatic carbocycles. The number of fused-ring (bicyclic) bond motifs is 1. The fourth-order valence-electron chi connectivity index (χ4n) is 3.17. The maximum absolute atomic E-state index is 12.5. The third-order valence-electron chi connectivity index (χ3n) is 4.56. The van der Waals surface area contributed by atoms with Crippen molar-refractivity contribution >= 4 is 16.9 Å². The van der Waals surface area contributed by atoms with E-state index in [1.807, 2.05) is 18.2 Å². The van der Waals surface area contributed by atoms with E-state index in [2.05, 4.69) is 37.5 Å². The van der Waals surface area contributed by atoms with Gasteiger partial charge in [-0.25, -0.2) is 0 Å². The topological polar surface area (TPSA) is 54.3 Å². The van der Waals surface area contributed by atoms with E-state index < -0.39 is 0 Å². The number of rotatable bonds is 4. The van der Waals surface area contributed by atoms with Crippen LogP contribution in [0.25, 0.3) is 11.0 Å². The molecule has 4 heteroatoms. The molecule has 3 rings (SSSR count). The van der Waals surface area contributed by atoms with Crippen molar-refractivity contribution in [3.63, 3.8) is 0 Å². The highest BCUT2D eigenvalue weighted by molar-refractivity contribution is 5.83. The predicted octanol–water partition coefficient (Wildman–Crippen LogP) is 3.16. The third kappa shape index (κ3) is 2.75. The minimum Gasteiger partial charge on any atom is -0.459 e. The highest BCUT2D eigenvalue weighted by atomic mass is 16.3. The van der Waals surface area contributed by atoms with E-state index in [1.165, 1.54) is 0 Å². The van der Waals surface area contributed by atoms with Gasteiger partial charge in [0, 0.05) is 17.5 Å². The number of carbonyl (C=O) groups excluding carboxylic acids is 1. The van der Waals surface area contributed by atoms with Gasteiger partial charge in [0.1, 0.15) is 11.3 Å². The van der Waals surface area contributed by atoms with Gasteiger partial charge in [-0.1, -0.05) is 32.0 Å². The molecular weight excluding hydrogens is 276 g/mol. The molecule has 0 spiro atoms. The summed E-state index contributed by atoms with van der Waals surface area (Å²) in [6, 6.07) is 7.95. The highest BCUT2D eigenvalue weighted by Crippen LogP contribution is 2.33. The van der Waals surface area contributed by atoms with E-state index in [0.717, 1.165) is 41.8 Å². The van der Waals surface area contributed by atoms with Gasteiger partial charge in [0.05, 0.1) is 12.0 Å². The van der Waals surface area contributed by atoms with Crippen LogP contribution in [0, 0.1) is 18.8 Å². The smallest absolute Gasteiger partial charge is 0.225 e. The van der Waals surface area contributed by atoms with Crippen LogP contribution in [0.2, 0.25) is 0 Å². The number of aryl methyl sites for hydroxylation is 1. The van der Waals surface area contributed by atoms with Crippen LogP contribution in [0.4, 0.5) is 0 Å². The van der Waals surface area contributed by atoms with Crippen LogP contribution in [0.5, 0.6) is 0 Å². The first kappa shape index (κ1) is 15.1. The number of amides is 1. The van der Waals surface area contributed by atoms with E-state index in [0.29, 0.717) is 0 Å². The van der Waals surface area contributed by atoms with Crippen molar-refractivity contribution in [2.75, 3.05) is 13.1 Å². The van der Waals surface area contributed by atoms with Gasteiger partial charge in [-0.05, 0) is 31.9 Å². The number of benzene rings is 1. The molecule has 2 N–H and O–H groups in total. The van der Waals surface area contributed by atoms with Crippen molar-refractivity contribution in [3.05, 3.63) is 35.6 Å². The molecule has 1 aliphatic heterocycles. The van der Waals surface area contributed by atoms with Gasteiger partial charge in [0.15, 0.2) is 0 Å². The zero-order chi connectivity index (χ0) is 15.7. The monoisotopic (exact) mass is 300 g/mol. The Bertz CT molecular complexity index is 669. The zero-order valence-corrected chi connectivity index (χ0v) is 13.5. The second-order valence-electron chi connectivity index (χ2n) is 6.51. The minimum atomic E-state index is -0.0829. The van der Waals surface area contributed by atoms with E-state index in [1.54, 1.807) is 0 Å². The van der Waals surface area contributed by atoms with Crippen LogP contribution >= 0.6 is 0 Å². The minimum absolute atomic E-state index is 0.0749. The maximum Gasteiger partial charge on any atom is 0.225 e. The molecule has 1 fully saturated rings. The maximum atomic E-state index is 12.5. The molecule has 1 aliphatic rings. The molecule has 2 heterocycles. The van der Waals surface area contributed by atoms with Crippen molar-refractivity contribution in [2.24, 2.45) is 11.8 Å². The van der Waals surface area contributed by atoms with Crippen LogP contribution in [0.1, 0.15) is 37.6 Å². The molecule has 1 aromatic heterocycles. The summed E-state index contributed by atoms with van der Waals surface area (Å²) in [6.07, 6.45) is 0.912. The number of nitrogens with one attached hydrogen (secondary N) is 2. The largest absolute Gasteiger partial charge is 0.459 e. The Morgan fingerprint density at radius 2 is 2.14 bits per heavy atom. The lowest BCUT2D eigenvalue weighted by Gasteiger charge is -2.23. The molecule has 118 valence electrons. The first-order valence-corrected chi connectivity index (χ1v) is 8.07. The van der Waals surface area contributed by atoms with E-state index in [-0.39, 0.29) is 23.8 Å². The molecule has 1 saturated heterocycles. The third-order valence-corrected chi connectivity index (χ3v) is 4.56. The second kappa shape index (κ2) is 6.13. The van der Waals surface area contributed by atoms with Crippen LogP contribution in [0.15, 0.2) is 28.7 Å². The van der Waals surface area contributed by atoms with Crippen molar-refractivity contribution in [2.45, 2.75) is 33.2 Å². The molecule has 0 aliphatic carbocycles. The average Bonchev–Trinajstić information content (AvgIpc) is 3.13. The molecule has 2 atom stereocenters. The number of furan rings is 1. The van der Waals surface area contributed by atoms with E-state index >= 15 is 0 Å². The van der Waals surface area contributed by atoms with Gasteiger partial charge in [-0.2, -0.15) is 0 Å². The Morgan fingerprint density at radius 3 is 2.77 bits per heavy atom. The van der Waals surface area contributed by atoms with Crippen molar-refractivity contribution in [3.8, 4) is 0 Å². The Hall–Kier alpha value is -1.81. The first-order valence-electron chi connectivity index (χ1n) is 8.07. The van der Waals surface area contributed by atoms with Crippen molar-refractivity contribution in [1.29, 1.82) is 0 Å². The highest BCUT2D eigenvalue weighted by Gasteiger charge is 2.29. The molecular formula is C18H24N2O2. The lowest BCUT2D eigenvalue weighted by atomic mass is 9.97. The molecule has 22 heavy (non-hydrogen) atoms. The molecule has 0 radical (unpaired) electrons. The quantitative estimate of drug-likeness (QED) is 0.912. The fraction of sp³-hybridized carbons (Fsp3) is 0.500. The lowest BCUT2D eigenvalue weighted by Crippen LogP contribution is -2.37. The Balaban J connectivity index is 1.89. The summed E-state index contributed by atoms with van der Waals surface area (Å²) in [5.41, 5.74) is 2.01. The van der Waals surface area contributed by atoms with Gasteiger partial charge in [-0.15, -0.1) is 0 Å². The fourth-order valence-corrected chi connectivity index (χ4v) is 3.17. The number of hydrogen-bond acceptors (Lipinski definition) is 3. The standard InChI is InChI=1S/C18H24N2O2/c1-11(2)16(20-18(21)13-8-9-19-10-13)17-12(3)14-6-4-5-7-15(14)22-17/h4-7,11,13,16,19H,8-10H2,1-3H3,(H,20,21). The summed E-state index contributed by atoms with van der Waals surface area (Å²) in [4.78, 5) is 12.5. The van der Waals surface area contributed by atoms with Crippen LogP contribution < -0.4 is 10.6 Å². The summed E-state index contributed by atoms with van der Waals surface area (Å²) in [6.45, 7) is 8.00. The van der Waals surface area contributed by atoms with Crippen LogP contribution in [0.3, 0.4) is 0 Å². The van der Waals surface area contributed by atoms with Gasteiger partial charge in [0.25, 0.3) is 0 Å². The number of para-hydroxylation sites is 1. The SMILES string of the molecule is Cc1c(C(NC(=O)C2CCNC2)C(C)C)oc2ccccc12. The van der Waals surface area contributed by atoms with E-state index in [4.69, 9.17) is 4.42 Å². The lowest BCUT2D eigenvalue weighted by molar-refractivity contribution is -0.125. The van der Waals surface area contributed by atoms with Gasteiger partial charge < -0.3 is 15.1 Å². The summed E-state index contributed by atoms with van der Waals surface area (Å²) in [5, 5.41) is 7.57. The van der Waals surface area contributed by atoms with Gasteiger partial charge >= 0.3 is 0 Å². The normalized spacial score (nSPS) is 19.7. The van der Waals surface area contributed by atoms with Gasteiger partial charge in [-0.3, -0.25) is 4.79 Å². The van der Waals surface area contributed by atoms with Crippen LogP contribution in [-0.4, -0.2) is 19.0 Å². The average molecular weight is 300 g/mol. The van der Waals surface area contributed by atoms with Crippen LogP contribution in [-0.2, 0) is 4.79 Å². The predicted molar refractivity (Wildman–Crippen MR) is 87.6 cm³/mol. The second-order valence-corrected chi connectivity index (χ2v) is 6.51. The molecule has 0 saturated carbocycles. The van der Waals surface area contributed by atoms with Crippen molar-refractivity contribution < 1.29 is 9.21 Å². The Labute approximate surface area is 131 Å². The molecule has 2 unspecified atom stereocenters. The Kier molecular flexibility index (Phi) is 4.21. The molecule has 2 aromatic rings. The first-order chi connectivity index (χ1) is 10.6. The summed E-state index contributed by atoms with van der Waals surface area (Å²) in [7, 11) is 0. The van der Waals surface area contributed by atoms with Gasteiger partial charge in [0.2, 0.25) is 5.91 Å². The summed E-state index contributed by atoms with van der Waals surface area (Å²) >= 11 is 0. The summed E-state index contributed by atoms with van der Waals surface area (Å²) < 4.78 is 6.06. The molecule has 1 amide bonds. The molecule has 4 nitrogen and oxygen atoms in total. The van der Waals surface area contributed by atoms with Crippen molar-refractivity contribution in [1.82, 2.24) is 10.6 Å². The number of carbonyl (C=O) groups is 1. The number of hydrogen-bond donors (Lipinski definition) is 2. The molecule has 0 bridgehead atoms.